The van der Waals surface area contributed by atoms with Crippen LogP contribution in [0, 0.1) is 0 Å². The molecule has 29 heavy (non-hydrogen) atoms. The van der Waals surface area contributed by atoms with Crippen LogP contribution in [0.3, 0.4) is 0 Å². The van der Waals surface area contributed by atoms with Gasteiger partial charge in [-0.3, -0.25) is 4.79 Å². The smallest absolute Gasteiger partial charge is 0.250 e. The molecule has 6 nitrogen and oxygen atoms in total. The molecule has 1 aliphatic rings. The number of phenolic OH excluding ortho intramolecular Hbond substituents is 1. The summed E-state index contributed by atoms with van der Waals surface area (Å²) in [6, 6.07) is 17.1. The van der Waals surface area contributed by atoms with Gasteiger partial charge in [0.2, 0.25) is 5.91 Å². The van der Waals surface area contributed by atoms with Crippen molar-refractivity contribution in [1.29, 1.82) is 0 Å². The number of aromatic hydroxyl groups is 1. The maximum Gasteiger partial charge on any atom is 0.250 e. The highest BCUT2D eigenvalue weighted by Crippen LogP contribution is 2.34. The molecule has 0 unspecified atom stereocenters. The van der Waals surface area contributed by atoms with Gasteiger partial charge in [-0.25, -0.2) is 0 Å². The topological polar surface area (TPSA) is 82.1 Å². The normalized spacial score (nSPS) is 12.9. The van der Waals surface area contributed by atoms with Crippen LogP contribution in [-0.2, 0) is 11.2 Å². The maximum absolute atomic E-state index is 12.1. The SMILES string of the molecule is C=CC(=O)N1CCc2ccc(-c3cc4cc(-c5ccccc5O)nnc4[nH]3)cc21. The standard InChI is InChI=1S/C23H18N4O2/c1-2-22(29)27-10-9-14-7-8-15(13-20(14)27)18-11-16-12-19(25-26-23(16)24-18)17-5-3-4-6-21(17)28/h2-8,11-13,28H,1,9-10H2,(H,24,26). The number of benzene rings is 2. The lowest BCUT2D eigenvalue weighted by atomic mass is 10.1. The van der Waals surface area contributed by atoms with Gasteiger partial charge in [-0.05, 0) is 48.4 Å². The first kappa shape index (κ1) is 17.2. The number of rotatable bonds is 3. The van der Waals surface area contributed by atoms with Crippen LogP contribution >= 0.6 is 0 Å². The minimum Gasteiger partial charge on any atom is -0.507 e. The largest absolute Gasteiger partial charge is 0.507 e. The van der Waals surface area contributed by atoms with Gasteiger partial charge in [-0.1, -0.05) is 30.8 Å². The van der Waals surface area contributed by atoms with E-state index in [0.29, 0.717) is 23.4 Å². The minimum atomic E-state index is -0.0873. The predicted octanol–water partition coefficient (Wildman–Crippen LogP) is 4.07. The number of para-hydroxylation sites is 1. The van der Waals surface area contributed by atoms with Crippen molar-refractivity contribution in [2.75, 3.05) is 11.4 Å². The number of aromatic amines is 1. The van der Waals surface area contributed by atoms with E-state index in [-0.39, 0.29) is 11.7 Å². The first-order valence-electron chi connectivity index (χ1n) is 9.36. The van der Waals surface area contributed by atoms with E-state index in [4.69, 9.17) is 0 Å². The van der Waals surface area contributed by atoms with Crippen LogP contribution in [0.2, 0.25) is 0 Å². The van der Waals surface area contributed by atoms with Crippen LogP contribution in [0.25, 0.3) is 33.5 Å². The van der Waals surface area contributed by atoms with E-state index in [2.05, 4.69) is 27.8 Å². The van der Waals surface area contributed by atoms with Gasteiger partial charge in [-0.2, -0.15) is 0 Å². The van der Waals surface area contributed by atoms with Crippen molar-refractivity contribution < 1.29 is 9.90 Å². The van der Waals surface area contributed by atoms with Crippen LogP contribution in [0.5, 0.6) is 5.75 Å². The van der Waals surface area contributed by atoms with Crippen LogP contribution in [0.15, 0.2) is 67.3 Å². The number of hydrogen-bond donors (Lipinski definition) is 2. The van der Waals surface area contributed by atoms with Gasteiger partial charge in [-0.15, -0.1) is 10.2 Å². The highest BCUT2D eigenvalue weighted by molar-refractivity contribution is 6.03. The molecule has 0 radical (unpaired) electrons. The zero-order valence-electron chi connectivity index (χ0n) is 15.6. The Morgan fingerprint density at radius 3 is 2.83 bits per heavy atom. The number of nitrogens with zero attached hydrogens (tertiary/aromatic N) is 3. The summed E-state index contributed by atoms with van der Waals surface area (Å²) in [6.07, 6.45) is 2.19. The summed E-state index contributed by atoms with van der Waals surface area (Å²) in [7, 11) is 0. The number of carbonyl (C=O) groups excluding carboxylic acids is 1. The maximum atomic E-state index is 12.1. The summed E-state index contributed by atoms with van der Waals surface area (Å²) < 4.78 is 0. The fourth-order valence-electron chi connectivity index (χ4n) is 3.80. The summed E-state index contributed by atoms with van der Waals surface area (Å²) in [4.78, 5) is 17.2. The molecule has 4 aromatic rings. The number of nitrogens with one attached hydrogen (secondary N) is 1. The van der Waals surface area contributed by atoms with Crippen molar-refractivity contribution in [3.05, 3.63) is 72.8 Å². The number of H-pyrrole nitrogens is 1. The van der Waals surface area contributed by atoms with Crippen molar-refractivity contribution in [3.8, 4) is 28.3 Å². The number of aromatic nitrogens is 3. The van der Waals surface area contributed by atoms with Crippen LogP contribution in [-0.4, -0.2) is 32.7 Å². The molecule has 0 saturated heterocycles. The third-order valence-corrected chi connectivity index (χ3v) is 5.29. The van der Waals surface area contributed by atoms with Crippen LogP contribution in [0.4, 0.5) is 5.69 Å². The number of hydrogen-bond acceptors (Lipinski definition) is 4. The number of carbonyl (C=O) groups is 1. The van der Waals surface area contributed by atoms with E-state index in [0.717, 1.165) is 34.3 Å². The lowest BCUT2D eigenvalue weighted by Crippen LogP contribution is -2.26. The van der Waals surface area contributed by atoms with Crippen molar-refractivity contribution in [3.63, 3.8) is 0 Å². The van der Waals surface area contributed by atoms with Crippen molar-refractivity contribution in [2.45, 2.75) is 6.42 Å². The third kappa shape index (κ3) is 2.86. The Hall–Kier alpha value is -3.93. The summed E-state index contributed by atoms with van der Waals surface area (Å²) in [5, 5.41) is 19.5. The van der Waals surface area contributed by atoms with Crippen LogP contribution < -0.4 is 4.90 Å². The fraction of sp³-hybridized carbons (Fsp3) is 0.0870. The Kier molecular flexibility index (Phi) is 3.91. The van der Waals surface area contributed by atoms with Crippen molar-refractivity contribution in [2.24, 2.45) is 0 Å². The quantitative estimate of drug-likeness (QED) is 0.523. The average Bonchev–Trinajstić information content (AvgIpc) is 3.36. The molecule has 2 N–H and O–H groups in total. The molecule has 0 aliphatic carbocycles. The second kappa shape index (κ2) is 6.60. The molecule has 2 aromatic heterocycles. The highest BCUT2D eigenvalue weighted by Gasteiger charge is 2.23. The van der Waals surface area contributed by atoms with E-state index in [9.17, 15) is 9.90 Å². The van der Waals surface area contributed by atoms with Gasteiger partial charge < -0.3 is 15.0 Å². The molecule has 1 amide bonds. The molecular weight excluding hydrogens is 364 g/mol. The molecule has 0 fully saturated rings. The molecule has 6 heteroatoms. The molecule has 5 rings (SSSR count). The second-order valence-corrected chi connectivity index (χ2v) is 7.02. The first-order chi connectivity index (χ1) is 14.1. The van der Waals surface area contributed by atoms with E-state index < -0.39 is 0 Å². The lowest BCUT2D eigenvalue weighted by Gasteiger charge is -2.15. The summed E-state index contributed by atoms with van der Waals surface area (Å²) in [5.41, 5.74) is 5.85. The Balaban J connectivity index is 1.56. The predicted molar refractivity (Wildman–Crippen MR) is 113 cm³/mol. The van der Waals surface area contributed by atoms with E-state index in [1.54, 1.807) is 17.0 Å². The Labute approximate surface area is 167 Å². The molecule has 0 spiro atoms. The van der Waals surface area contributed by atoms with Gasteiger partial charge in [0.1, 0.15) is 5.75 Å². The average molecular weight is 382 g/mol. The Morgan fingerprint density at radius 1 is 1.14 bits per heavy atom. The summed E-state index contributed by atoms with van der Waals surface area (Å²) in [5.74, 6) is 0.0817. The molecule has 1 aliphatic heterocycles. The van der Waals surface area contributed by atoms with Gasteiger partial charge in [0.05, 0.1) is 5.69 Å². The van der Waals surface area contributed by atoms with E-state index in [1.165, 1.54) is 6.08 Å². The monoisotopic (exact) mass is 382 g/mol. The number of anilines is 1. The Bertz CT molecular complexity index is 1280. The highest BCUT2D eigenvalue weighted by atomic mass is 16.3. The number of fused-ring (bicyclic) bond motifs is 2. The molecule has 0 saturated carbocycles. The minimum absolute atomic E-state index is 0.0873. The summed E-state index contributed by atoms with van der Waals surface area (Å²) >= 11 is 0. The van der Waals surface area contributed by atoms with Gasteiger partial charge in [0.25, 0.3) is 0 Å². The van der Waals surface area contributed by atoms with Crippen molar-refractivity contribution in [1.82, 2.24) is 15.2 Å². The van der Waals surface area contributed by atoms with Gasteiger partial charge in [0, 0.05) is 34.4 Å². The molecule has 142 valence electrons. The molecule has 3 heterocycles. The second-order valence-electron chi connectivity index (χ2n) is 7.02. The zero-order chi connectivity index (χ0) is 20.0. The van der Waals surface area contributed by atoms with Crippen LogP contribution in [0.1, 0.15) is 5.56 Å². The molecule has 0 bridgehead atoms. The first-order valence-corrected chi connectivity index (χ1v) is 9.36. The number of amides is 1. The molecular formula is C23H18N4O2. The fourth-order valence-corrected chi connectivity index (χ4v) is 3.80. The molecule has 0 atom stereocenters. The van der Waals surface area contributed by atoms with Gasteiger partial charge >= 0.3 is 0 Å². The lowest BCUT2D eigenvalue weighted by molar-refractivity contribution is -0.114. The molecule has 2 aromatic carbocycles. The summed E-state index contributed by atoms with van der Waals surface area (Å²) in [6.45, 7) is 4.27. The van der Waals surface area contributed by atoms with Gasteiger partial charge in [0.15, 0.2) is 5.65 Å². The third-order valence-electron chi connectivity index (χ3n) is 5.29. The zero-order valence-corrected chi connectivity index (χ0v) is 15.6. The van der Waals surface area contributed by atoms with Crippen molar-refractivity contribution >= 4 is 22.6 Å². The number of phenols is 1. The van der Waals surface area contributed by atoms with E-state index >= 15 is 0 Å². The van der Waals surface area contributed by atoms with E-state index in [1.807, 2.05) is 36.4 Å². The Morgan fingerprint density at radius 2 is 2.00 bits per heavy atom.